The van der Waals surface area contributed by atoms with Crippen LogP contribution in [-0.4, -0.2) is 31.5 Å². The summed E-state index contributed by atoms with van der Waals surface area (Å²) in [6.45, 7) is 6.94. The molecule has 0 N–H and O–H groups in total. The van der Waals surface area contributed by atoms with Crippen LogP contribution < -0.4 is 0 Å². The number of piperidine rings is 1. The van der Waals surface area contributed by atoms with Gasteiger partial charge in [-0.15, -0.1) is 6.58 Å². The van der Waals surface area contributed by atoms with Crippen molar-refractivity contribution in [2.24, 2.45) is 5.92 Å². The largest absolute Gasteiger partial charge is 0.364 e. The lowest BCUT2D eigenvalue weighted by atomic mass is 9.68. The van der Waals surface area contributed by atoms with Gasteiger partial charge in [0, 0.05) is 12.5 Å². The van der Waals surface area contributed by atoms with Gasteiger partial charge in [-0.1, -0.05) is 66.3 Å². The van der Waals surface area contributed by atoms with Crippen molar-refractivity contribution in [3.63, 3.8) is 0 Å². The number of nitrogens with zero attached hydrogens (tertiary/aromatic N) is 1. The number of benzene rings is 2. The lowest BCUT2D eigenvalue weighted by Gasteiger charge is -2.50. The second kappa shape index (κ2) is 7.05. The van der Waals surface area contributed by atoms with Crippen LogP contribution in [-0.2, 0) is 14.8 Å². The lowest BCUT2D eigenvalue weighted by molar-refractivity contribution is -0.0399. The summed E-state index contributed by atoms with van der Waals surface area (Å²) in [6, 6.07) is 16.4. The topological polar surface area (TPSA) is 46.6 Å². The van der Waals surface area contributed by atoms with Crippen molar-refractivity contribution < 1.29 is 13.2 Å². The van der Waals surface area contributed by atoms with Crippen molar-refractivity contribution in [3.05, 3.63) is 102 Å². The van der Waals surface area contributed by atoms with Crippen molar-refractivity contribution >= 4 is 10.0 Å². The van der Waals surface area contributed by atoms with Crippen molar-refractivity contribution in [2.45, 2.75) is 29.9 Å². The number of hydrogen-bond donors (Lipinski definition) is 0. The Morgan fingerprint density at radius 2 is 1.77 bits per heavy atom. The number of aryl methyl sites for hydroxylation is 1. The fourth-order valence-corrected chi connectivity index (χ4v) is 6.79. The van der Waals surface area contributed by atoms with Gasteiger partial charge in [-0.2, -0.15) is 4.31 Å². The Morgan fingerprint density at radius 3 is 2.47 bits per heavy atom. The first-order chi connectivity index (χ1) is 14.5. The van der Waals surface area contributed by atoms with E-state index in [0.717, 1.165) is 23.1 Å². The molecule has 30 heavy (non-hydrogen) atoms. The normalized spacial score (nSPS) is 28.4. The van der Waals surface area contributed by atoms with Crippen molar-refractivity contribution in [2.75, 3.05) is 13.2 Å². The number of rotatable bonds is 4. The SMILES string of the molecule is C=CC12OCC3=CCC=C(CN(S(=O)(=O)c4ccc(C)cc4)C1c1ccccc1)C32. The quantitative estimate of drug-likeness (QED) is 0.682. The van der Waals surface area contributed by atoms with Gasteiger partial charge in [-0.25, -0.2) is 8.42 Å². The molecular formula is C25H25NO3S. The zero-order chi connectivity index (χ0) is 20.9. The average molecular weight is 420 g/mol. The highest BCUT2D eigenvalue weighted by Gasteiger charge is 2.60. The van der Waals surface area contributed by atoms with Crippen LogP contribution in [0.4, 0.5) is 0 Å². The summed E-state index contributed by atoms with van der Waals surface area (Å²) < 4.78 is 35.8. The summed E-state index contributed by atoms with van der Waals surface area (Å²) in [5.41, 5.74) is 3.46. The summed E-state index contributed by atoms with van der Waals surface area (Å²) in [5.74, 6) is 0.0402. The minimum atomic E-state index is -3.75. The molecule has 0 bridgehead atoms. The maximum absolute atomic E-state index is 13.9. The van der Waals surface area contributed by atoms with Crippen LogP contribution in [0.2, 0.25) is 0 Å². The van der Waals surface area contributed by atoms with Gasteiger partial charge in [0.05, 0.1) is 17.5 Å². The first-order valence-electron chi connectivity index (χ1n) is 10.3. The molecule has 5 heteroatoms. The molecule has 3 aliphatic rings. The Bertz CT molecular complexity index is 1150. The van der Waals surface area contributed by atoms with Crippen molar-refractivity contribution in [1.29, 1.82) is 0 Å². The molecule has 4 nitrogen and oxygen atoms in total. The second-order valence-electron chi connectivity index (χ2n) is 8.25. The zero-order valence-corrected chi connectivity index (χ0v) is 17.8. The van der Waals surface area contributed by atoms with Crippen LogP contribution in [0.3, 0.4) is 0 Å². The third-order valence-electron chi connectivity index (χ3n) is 6.56. The Balaban J connectivity index is 1.72. The Kier molecular flexibility index (Phi) is 4.58. The minimum absolute atomic E-state index is 0.0402. The van der Waals surface area contributed by atoms with E-state index >= 15 is 0 Å². The van der Waals surface area contributed by atoms with Gasteiger partial charge in [0.15, 0.2) is 0 Å². The fourth-order valence-electron chi connectivity index (χ4n) is 5.16. The maximum atomic E-state index is 13.9. The number of ether oxygens (including phenoxy) is 1. The molecule has 0 radical (unpaired) electrons. The van der Waals surface area contributed by atoms with Gasteiger partial charge in [0.2, 0.25) is 10.0 Å². The Labute approximate surface area is 178 Å². The molecule has 2 fully saturated rings. The molecular weight excluding hydrogens is 394 g/mol. The maximum Gasteiger partial charge on any atom is 0.244 e. The van der Waals surface area contributed by atoms with Gasteiger partial charge in [0.1, 0.15) is 5.60 Å². The molecule has 2 aromatic carbocycles. The van der Waals surface area contributed by atoms with E-state index < -0.39 is 21.7 Å². The average Bonchev–Trinajstić information content (AvgIpc) is 3.16. The van der Waals surface area contributed by atoms with E-state index in [1.807, 2.05) is 55.5 Å². The van der Waals surface area contributed by atoms with Gasteiger partial charge in [0.25, 0.3) is 0 Å². The van der Waals surface area contributed by atoms with E-state index in [4.69, 9.17) is 4.74 Å². The molecule has 2 saturated heterocycles. The first kappa shape index (κ1) is 19.5. The lowest BCUT2D eigenvalue weighted by Crippen LogP contribution is -2.56. The molecule has 154 valence electrons. The zero-order valence-electron chi connectivity index (χ0n) is 17.0. The predicted molar refractivity (Wildman–Crippen MR) is 117 cm³/mol. The van der Waals surface area contributed by atoms with Gasteiger partial charge in [-0.3, -0.25) is 0 Å². The molecule has 3 unspecified atom stereocenters. The number of hydrogen-bond acceptors (Lipinski definition) is 3. The second-order valence-corrected chi connectivity index (χ2v) is 10.1. The smallest absolute Gasteiger partial charge is 0.244 e. The molecule has 1 aliphatic carbocycles. The van der Waals surface area contributed by atoms with Crippen molar-refractivity contribution in [1.82, 2.24) is 4.31 Å². The molecule has 2 heterocycles. The molecule has 3 atom stereocenters. The van der Waals surface area contributed by atoms with E-state index in [0.29, 0.717) is 18.0 Å². The van der Waals surface area contributed by atoms with Gasteiger partial charge >= 0.3 is 0 Å². The molecule has 0 spiro atoms. The van der Waals surface area contributed by atoms with Crippen LogP contribution in [0.1, 0.15) is 23.6 Å². The van der Waals surface area contributed by atoms with E-state index in [9.17, 15) is 8.42 Å². The highest BCUT2D eigenvalue weighted by Crippen LogP contribution is 2.56. The summed E-state index contributed by atoms with van der Waals surface area (Å²) in [7, 11) is -3.75. The first-order valence-corrected chi connectivity index (χ1v) is 11.7. The van der Waals surface area contributed by atoms with Gasteiger partial charge < -0.3 is 4.74 Å². The molecule has 2 aromatic rings. The van der Waals surface area contributed by atoms with Crippen LogP contribution in [0.5, 0.6) is 0 Å². The Morgan fingerprint density at radius 1 is 1.07 bits per heavy atom. The molecule has 2 aliphatic heterocycles. The Hall–Kier alpha value is -2.47. The monoisotopic (exact) mass is 419 g/mol. The standard InChI is InChI=1S/C25H25NO3S/c1-3-25-23-20(10-7-11-21(23)17-29-25)16-26(24(25)19-8-5-4-6-9-19)30(27,28)22-14-12-18(2)13-15-22/h3-6,8-15,23-24H,1,7,16-17H2,2H3. The van der Waals surface area contributed by atoms with Crippen LogP contribution in [0.15, 0.2) is 95.4 Å². The number of sulfonamides is 1. The summed E-state index contributed by atoms with van der Waals surface area (Å²) in [6.07, 6.45) is 7.00. The minimum Gasteiger partial charge on any atom is -0.364 e. The predicted octanol–water partition coefficient (Wildman–Crippen LogP) is 4.57. The number of allylic oxidation sites excluding steroid dienone is 2. The van der Waals surface area contributed by atoms with Crippen LogP contribution in [0, 0.1) is 12.8 Å². The highest BCUT2D eigenvalue weighted by atomic mass is 32.2. The molecule has 0 amide bonds. The summed E-state index contributed by atoms with van der Waals surface area (Å²) in [5, 5.41) is 0. The third-order valence-corrected chi connectivity index (χ3v) is 8.38. The highest BCUT2D eigenvalue weighted by molar-refractivity contribution is 7.89. The van der Waals surface area contributed by atoms with Crippen LogP contribution >= 0.6 is 0 Å². The van der Waals surface area contributed by atoms with E-state index in [1.165, 1.54) is 5.57 Å². The molecule has 0 saturated carbocycles. The third kappa shape index (κ3) is 2.77. The fraction of sp³-hybridized carbons (Fsp3) is 0.280. The van der Waals surface area contributed by atoms with Gasteiger partial charge in [-0.05, 0) is 42.2 Å². The van der Waals surface area contributed by atoms with E-state index in [-0.39, 0.29) is 5.92 Å². The van der Waals surface area contributed by atoms with Crippen LogP contribution in [0.25, 0.3) is 0 Å². The van der Waals surface area contributed by atoms with Crippen molar-refractivity contribution in [3.8, 4) is 0 Å². The van der Waals surface area contributed by atoms with E-state index in [2.05, 4.69) is 18.7 Å². The summed E-state index contributed by atoms with van der Waals surface area (Å²) in [4.78, 5) is 0.303. The molecule has 0 aromatic heterocycles. The molecule has 5 rings (SSSR count). The van der Waals surface area contributed by atoms with E-state index in [1.54, 1.807) is 16.4 Å². The summed E-state index contributed by atoms with van der Waals surface area (Å²) >= 11 is 0.